The van der Waals surface area contributed by atoms with Crippen molar-refractivity contribution in [2.24, 2.45) is 0 Å². The van der Waals surface area contributed by atoms with Crippen LogP contribution in [-0.2, 0) is 11.3 Å². The van der Waals surface area contributed by atoms with Crippen LogP contribution in [0.25, 0.3) is 21.3 Å². The molecule has 0 bridgehead atoms. The molecule has 0 atom stereocenters. The summed E-state index contributed by atoms with van der Waals surface area (Å²) in [4.78, 5) is 26.8. The van der Waals surface area contributed by atoms with Gasteiger partial charge in [0, 0.05) is 37.1 Å². The van der Waals surface area contributed by atoms with Crippen LogP contribution in [0.2, 0.25) is 0 Å². The molecule has 0 spiro atoms. The molecule has 2 aromatic heterocycles. The maximum Gasteiger partial charge on any atom is 0.233 e. The molecular weight excluding hydrogens is 408 g/mol. The fourth-order valence-electron chi connectivity index (χ4n) is 3.99. The van der Waals surface area contributed by atoms with Gasteiger partial charge in [0.1, 0.15) is 16.5 Å². The number of nitrogens with one attached hydrogen (secondary N) is 2. The summed E-state index contributed by atoms with van der Waals surface area (Å²) in [5.41, 5.74) is 2.36. The van der Waals surface area contributed by atoms with Crippen LogP contribution in [-0.4, -0.2) is 72.5 Å². The Hall–Kier alpha value is -2.55. The molecule has 2 N–H and O–H groups in total. The zero-order valence-corrected chi connectivity index (χ0v) is 19.2. The summed E-state index contributed by atoms with van der Waals surface area (Å²) in [6.45, 7) is 2.97. The number of likely N-dealkylation sites (tertiary alicyclic amines) is 1. The number of amides is 1. The number of piperidine rings is 1. The van der Waals surface area contributed by atoms with Crippen molar-refractivity contribution in [3.63, 3.8) is 0 Å². The number of benzene rings is 1. The van der Waals surface area contributed by atoms with E-state index in [0.29, 0.717) is 19.1 Å². The van der Waals surface area contributed by atoms with Gasteiger partial charge in [-0.15, -0.1) is 11.3 Å². The van der Waals surface area contributed by atoms with Gasteiger partial charge in [-0.25, -0.2) is 9.97 Å². The lowest BCUT2D eigenvalue weighted by Crippen LogP contribution is -2.43. The van der Waals surface area contributed by atoms with Gasteiger partial charge in [0.15, 0.2) is 0 Å². The molecule has 164 valence electrons. The number of nitrogens with zero attached hydrogens (tertiary/aromatic N) is 4. The average molecular weight is 439 g/mol. The first-order valence-corrected chi connectivity index (χ1v) is 11.6. The van der Waals surface area contributed by atoms with Crippen molar-refractivity contribution >= 4 is 33.3 Å². The van der Waals surface area contributed by atoms with Gasteiger partial charge in [-0.2, -0.15) is 0 Å². The number of hydrogen-bond acceptors (Lipinski definition) is 7. The normalized spacial score (nSPS) is 15.5. The van der Waals surface area contributed by atoms with Crippen LogP contribution in [0.15, 0.2) is 35.7 Å². The Kier molecular flexibility index (Phi) is 6.80. The van der Waals surface area contributed by atoms with E-state index in [4.69, 9.17) is 9.97 Å². The van der Waals surface area contributed by atoms with Gasteiger partial charge in [0.2, 0.25) is 5.91 Å². The van der Waals surface area contributed by atoms with Crippen molar-refractivity contribution in [1.29, 1.82) is 0 Å². The molecule has 4 rings (SSSR count). The monoisotopic (exact) mass is 438 g/mol. The molecule has 3 heterocycles. The molecule has 1 aromatic carbocycles. The van der Waals surface area contributed by atoms with Crippen molar-refractivity contribution in [3.05, 3.63) is 41.5 Å². The van der Waals surface area contributed by atoms with Gasteiger partial charge in [-0.05, 0) is 32.5 Å². The van der Waals surface area contributed by atoms with Gasteiger partial charge in [0.05, 0.1) is 18.5 Å². The van der Waals surface area contributed by atoms with E-state index < -0.39 is 0 Å². The topological polar surface area (TPSA) is 73.4 Å². The largest absolute Gasteiger partial charge is 0.367 e. The van der Waals surface area contributed by atoms with Crippen molar-refractivity contribution < 1.29 is 4.79 Å². The molecule has 1 saturated heterocycles. The van der Waals surface area contributed by atoms with Gasteiger partial charge in [0.25, 0.3) is 0 Å². The molecule has 3 aromatic rings. The van der Waals surface area contributed by atoms with Crippen LogP contribution in [0.3, 0.4) is 0 Å². The van der Waals surface area contributed by atoms with Crippen LogP contribution < -0.4 is 10.6 Å². The quantitative estimate of drug-likeness (QED) is 0.591. The minimum absolute atomic E-state index is 0.0722. The molecular formula is C23H30N6OS. The Morgan fingerprint density at radius 2 is 1.94 bits per heavy atom. The molecule has 31 heavy (non-hydrogen) atoms. The molecule has 0 radical (unpaired) electrons. The third-order valence-corrected chi connectivity index (χ3v) is 6.47. The zero-order valence-electron chi connectivity index (χ0n) is 18.4. The van der Waals surface area contributed by atoms with Crippen LogP contribution >= 0.6 is 11.3 Å². The second kappa shape index (κ2) is 9.72. The van der Waals surface area contributed by atoms with Crippen LogP contribution in [0.1, 0.15) is 18.7 Å². The first kappa shape index (κ1) is 21.7. The van der Waals surface area contributed by atoms with E-state index >= 15 is 0 Å². The molecule has 0 unspecified atom stereocenters. The second-order valence-electron chi connectivity index (χ2n) is 8.29. The van der Waals surface area contributed by atoms with Gasteiger partial charge in [-0.1, -0.05) is 30.3 Å². The Morgan fingerprint density at radius 1 is 1.19 bits per heavy atom. The Labute approximate surface area is 187 Å². The maximum atomic E-state index is 11.7. The van der Waals surface area contributed by atoms with E-state index in [9.17, 15) is 4.79 Å². The highest BCUT2D eigenvalue weighted by atomic mass is 32.1. The standard InChI is InChI=1S/C23H30N6OS/c1-24-20(30)14-29-11-9-17(10-12-29)25-22-21-18(16-7-5-4-6-8-16)15-31-23(21)27-19(26-22)13-28(2)3/h4-8,15,17H,9-14H2,1-3H3,(H,24,30)(H,25,26,27). The molecule has 8 heteroatoms. The number of carbonyl (C=O) groups excluding carboxylic acids is 1. The fraction of sp³-hybridized carbons (Fsp3) is 0.435. The van der Waals surface area contributed by atoms with Crippen molar-refractivity contribution in [1.82, 2.24) is 25.1 Å². The fourth-order valence-corrected chi connectivity index (χ4v) is 4.95. The lowest BCUT2D eigenvalue weighted by Gasteiger charge is -2.32. The molecule has 0 aliphatic carbocycles. The van der Waals surface area contributed by atoms with Crippen molar-refractivity contribution in [3.8, 4) is 11.1 Å². The van der Waals surface area contributed by atoms with Gasteiger partial charge in [-0.3, -0.25) is 9.69 Å². The van der Waals surface area contributed by atoms with E-state index in [1.807, 2.05) is 20.2 Å². The first-order valence-electron chi connectivity index (χ1n) is 10.7. The summed E-state index contributed by atoms with van der Waals surface area (Å²) >= 11 is 1.67. The summed E-state index contributed by atoms with van der Waals surface area (Å²) in [6.07, 6.45) is 1.96. The highest BCUT2D eigenvalue weighted by Gasteiger charge is 2.23. The lowest BCUT2D eigenvalue weighted by molar-refractivity contribution is -0.122. The Bertz CT molecular complexity index is 1030. The van der Waals surface area contributed by atoms with E-state index in [0.717, 1.165) is 47.8 Å². The average Bonchev–Trinajstić information content (AvgIpc) is 3.19. The minimum Gasteiger partial charge on any atom is -0.367 e. The SMILES string of the molecule is CNC(=O)CN1CCC(Nc2nc(CN(C)C)nc3scc(-c4ccccc4)c23)CC1. The highest BCUT2D eigenvalue weighted by molar-refractivity contribution is 7.17. The Morgan fingerprint density at radius 3 is 2.61 bits per heavy atom. The summed E-state index contributed by atoms with van der Waals surface area (Å²) in [5, 5.41) is 9.73. The summed E-state index contributed by atoms with van der Waals surface area (Å²) in [5.74, 6) is 1.83. The smallest absolute Gasteiger partial charge is 0.233 e. The third kappa shape index (κ3) is 5.20. The van der Waals surface area contributed by atoms with Crippen molar-refractivity contribution in [2.75, 3.05) is 46.1 Å². The number of rotatable bonds is 7. The molecule has 1 aliphatic rings. The van der Waals surface area contributed by atoms with E-state index in [2.05, 4.69) is 50.1 Å². The van der Waals surface area contributed by atoms with Crippen LogP contribution in [0.5, 0.6) is 0 Å². The van der Waals surface area contributed by atoms with E-state index in [1.54, 1.807) is 18.4 Å². The highest BCUT2D eigenvalue weighted by Crippen LogP contribution is 2.37. The second-order valence-corrected chi connectivity index (χ2v) is 9.15. The van der Waals surface area contributed by atoms with Crippen LogP contribution in [0.4, 0.5) is 5.82 Å². The first-order chi connectivity index (χ1) is 15.0. The molecule has 1 aliphatic heterocycles. The Balaban J connectivity index is 1.61. The maximum absolute atomic E-state index is 11.7. The zero-order chi connectivity index (χ0) is 21.8. The minimum atomic E-state index is 0.0722. The van der Waals surface area contributed by atoms with Crippen LogP contribution in [0, 0.1) is 0 Å². The molecule has 0 saturated carbocycles. The number of fused-ring (bicyclic) bond motifs is 1. The summed E-state index contributed by atoms with van der Waals surface area (Å²) < 4.78 is 0. The number of likely N-dealkylation sites (N-methyl/N-ethyl adjacent to an activating group) is 1. The van der Waals surface area contributed by atoms with Crippen molar-refractivity contribution in [2.45, 2.75) is 25.4 Å². The third-order valence-electron chi connectivity index (χ3n) is 5.60. The summed E-state index contributed by atoms with van der Waals surface area (Å²) in [7, 11) is 5.76. The van der Waals surface area contributed by atoms with E-state index in [-0.39, 0.29) is 5.91 Å². The lowest BCUT2D eigenvalue weighted by atomic mass is 10.0. The molecule has 7 nitrogen and oxygen atoms in total. The molecule has 1 fully saturated rings. The van der Waals surface area contributed by atoms with Gasteiger partial charge >= 0.3 is 0 Å². The van der Waals surface area contributed by atoms with Gasteiger partial charge < -0.3 is 15.5 Å². The summed E-state index contributed by atoms with van der Waals surface area (Å²) in [6, 6.07) is 10.8. The number of aromatic nitrogens is 2. The number of thiophene rings is 1. The molecule has 1 amide bonds. The number of hydrogen-bond donors (Lipinski definition) is 2. The number of carbonyl (C=O) groups is 1. The predicted molar refractivity (Wildman–Crippen MR) is 127 cm³/mol. The predicted octanol–water partition coefficient (Wildman–Crippen LogP) is 3.04. The van der Waals surface area contributed by atoms with E-state index in [1.165, 1.54) is 11.1 Å². The number of anilines is 1.